The van der Waals surface area contributed by atoms with E-state index >= 15 is 0 Å². The second kappa shape index (κ2) is 6.60. The first-order valence-corrected chi connectivity index (χ1v) is 8.73. The second-order valence-corrected chi connectivity index (χ2v) is 6.32. The molecule has 3 aromatic rings. The van der Waals surface area contributed by atoms with Crippen molar-refractivity contribution < 1.29 is 13.2 Å². The topological polar surface area (TPSA) is 51.0 Å². The zero-order valence-electron chi connectivity index (χ0n) is 10.8. The Morgan fingerprint density at radius 2 is 2.05 bits per heavy atom. The first-order chi connectivity index (χ1) is 10.2. The molecule has 3 rings (SSSR count). The Bertz CT molecular complexity index is 731. The predicted molar refractivity (Wildman–Crippen MR) is 79.8 cm³/mol. The van der Waals surface area contributed by atoms with Gasteiger partial charge in [-0.3, -0.25) is 0 Å². The zero-order chi connectivity index (χ0) is 14.7. The number of anilines is 1. The molecule has 0 aliphatic heterocycles. The monoisotopic (exact) mass is 375 g/mol. The fraction of sp³-hybridized carbons (Fsp3) is 0.231. The Balaban J connectivity index is 1.64. The van der Waals surface area contributed by atoms with Gasteiger partial charge in [-0.15, -0.1) is 0 Å². The van der Waals surface area contributed by atoms with Gasteiger partial charge in [0, 0.05) is 0 Å². The molecule has 0 fully saturated rings. The molecule has 0 amide bonds. The Morgan fingerprint density at radius 3 is 2.90 bits per heavy atom. The quantitative estimate of drug-likeness (QED) is 0.671. The minimum absolute atomic E-state index is 0.0650. The van der Waals surface area contributed by atoms with Gasteiger partial charge in [0.15, 0.2) is 0 Å². The maximum absolute atomic E-state index is 12.1. The number of benzene rings is 1. The van der Waals surface area contributed by atoms with Crippen LogP contribution >= 0.6 is 11.8 Å². The van der Waals surface area contributed by atoms with Crippen LogP contribution in [-0.4, -0.2) is 28.7 Å². The minimum atomic E-state index is -2.38. The van der Waals surface area contributed by atoms with Crippen molar-refractivity contribution in [3.05, 3.63) is 41.9 Å². The molecule has 0 unspecified atom stereocenters. The van der Waals surface area contributed by atoms with Crippen LogP contribution in [0.5, 0.6) is 0 Å². The zero-order valence-corrected chi connectivity index (χ0v) is 13.3. The van der Waals surface area contributed by atoms with Crippen LogP contribution < -0.4 is 5.32 Å². The van der Waals surface area contributed by atoms with Crippen molar-refractivity contribution in [2.24, 2.45) is 0 Å². The average molecular weight is 374 g/mol. The van der Waals surface area contributed by atoms with Crippen molar-refractivity contribution in [3.8, 4) is 0 Å². The maximum atomic E-state index is 12.1. The summed E-state index contributed by atoms with van der Waals surface area (Å²) in [5, 5.41) is 3.25. The number of furan rings is 1. The van der Waals surface area contributed by atoms with Crippen LogP contribution in [-0.2, 0) is 12.3 Å². The molecule has 4 nitrogen and oxygen atoms in total. The molecule has 2 heterocycles. The van der Waals surface area contributed by atoms with Gasteiger partial charge >= 0.3 is 130 Å². The van der Waals surface area contributed by atoms with Gasteiger partial charge in [-0.05, 0) is 0 Å². The molecule has 0 aliphatic rings. The number of nitrogens with zero attached hydrogens (tertiary/aromatic N) is 2. The summed E-state index contributed by atoms with van der Waals surface area (Å²) in [6.45, 7) is 0.484. The molecule has 0 saturated carbocycles. The van der Waals surface area contributed by atoms with E-state index in [1.54, 1.807) is 12.1 Å². The molecule has 1 aromatic carbocycles. The predicted octanol–water partition coefficient (Wildman–Crippen LogP) is 3.35. The molecule has 0 atom stereocenters. The summed E-state index contributed by atoms with van der Waals surface area (Å²) in [5.41, 5.74) is 2.71. The summed E-state index contributed by atoms with van der Waals surface area (Å²) in [6, 6.07) is 9.32. The molecule has 1 N–H and O–H groups in total. The molecule has 0 saturated heterocycles. The number of rotatable bonds is 6. The molecule has 21 heavy (non-hydrogen) atoms. The Labute approximate surface area is 130 Å². The van der Waals surface area contributed by atoms with Gasteiger partial charge in [0.2, 0.25) is 0 Å². The van der Waals surface area contributed by atoms with Crippen molar-refractivity contribution >= 4 is 43.4 Å². The normalized spacial score (nSPS) is 11.4. The molecular weight excluding hydrogens is 363 g/mol. The molecule has 0 radical (unpaired) electrons. The Morgan fingerprint density at radius 1 is 1.19 bits per heavy atom. The summed E-state index contributed by atoms with van der Waals surface area (Å²) < 4.78 is 38.4. The Kier molecular flexibility index (Phi) is 4.57. The van der Waals surface area contributed by atoms with Crippen LogP contribution in [0.2, 0.25) is 0 Å². The SMILES string of the molecule is FC(F)SCc1ccc(CNc2cccc3n[se]nc23)o1. The standard InChI is InChI=1S/C13H11F2N3OSSe/c14-13(15)20-7-9-5-4-8(19-9)6-16-10-2-1-3-11-12(10)18-21-17-11/h1-5,13,16H,6-7H2. The molecule has 0 bridgehead atoms. The fourth-order valence-corrected chi connectivity index (χ4v) is 3.47. The van der Waals surface area contributed by atoms with Gasteiger partial charge in [-0.25, -0.2) is 0 Å². The number of aromatic nitrogens is 2. The summed E-state index contributed by atoms with van der Waals surface area (Å²) >= 11 is 0.491. The molecular formula is C13H11F2N3OSSe. The molecule has 110 valence electrons. The van der Waals surface area contributed by atoms with E-state index in [1.165, 1.54) is 0 Å². The van der Waals surface area contributed by atoms with E-state index in [-0.39, 0.29) is 20.7 Å². The van der Waals surface area contributed by atoms with Crippen LogP contribution in [0.25, 0.3) is 11.0 Å². The van der Waals surface area contributed by atoms with E-state index in [4.69, 9.17) is 4.42 Å². The number of nitrogens with one attached hydrogen (secondary N) is 1. The first-order valence-electron chi connectivity index (χ1n) is 6.15. The summed E-state index contributed by atoms with van der Waals surface area (Å²) in [4.78, 5) is 0. The van der Waals surface area contributed by atoms with Crippen molar-refractivity contribution in [1.29, 1.82) is 0 Å². The van der Waals surface area contributed by atoms with Gasteiger partial charge in [0.25, 0.3) is 0 Å². The van der Waals surface area contributed by atoms with Gasteiger partial charge < -0.3 is 0 Å². The summed E-state index contributed by atoms with van der Waals surface area (Å²) in [6.07, 6.45) is 0. The van der Waals surface area contributed by atoms with Crippen LogP contribution in [0.15, 0.2) is 34.7 Å². The number of fused-ring (bicyclic) bond motifs is 1. The third kappa shape index (κ3) is 3.64. The van der Waals surface area contributed by atoms with Crippen molar-refractivity contribution in [2.45, 2.75) is 18.1 Å². The van der Waals surface area contributed by atoms with Crippen LogP contribution in [0.4, 0.5) is 14.5 Å². The van der Waals surface area contributed by atoms with E-state index in [1.807, 2.05) is 18.2 Å². The molecule has 0 spiro atoms. The fourth-order valence-electron chi connectivity index (χ4n) is 1.87. The molecule has 0 aliphatic carbocycles. The average Bonchev–Trinajstić information content (AvgIpc) is 3.12. The van der Waals surface area contributed by atoms with Gasteiger partial charge in [-0.1, -0.05) is 0 Å². The third-order valence-electron chi connectivity index (χ3n) is 2.81. The molecule has 8 heteroatoms. The van der Waals surface area contributed by atoms with E-state index in [0.717, 1.165) is 16.7 Å². The van der Waals surface area contributed by atoms with Crippen LogP contribution in [0, 0.1) is 0 Å². The van der Waals surface area contributed by atoms with E-state index in [2.05, 4.69) is 13.3 Å². The van der Waals surface area contributed by atoms with E-state index < -0.39 is 5.76 Å². The van der Waals surface area contributed by atoms with E-state index in [9.17, 15) is 8.78 Å². The summed E-state index contributed by atoms with van der Waals surface area (Å²) in [7, 11) is 0. The summed E-state index contributed by atoms with van der Waals surface area (Å²) in [5.74, 6) is -0.943. The van der Waals surface area contributed by atoms with Gasteiger partial charge in [-0.2, -0.15) is 0 Å². The van der Waals surface area contributed by atoms with Gasteiger partial charge in [0.1, 0.15) is 0 Å². The van der Waals surface area contributed by atoms with E-state index in [0.29, 0.717) is 29.8 Å². The van der Waals surface area contributed by atoms with Gasteiger partial charge in [0.05, 0.1) is 0 Å². The van der Waals surface area contributed by atoms with Crippen molar-refractivity contribution in [3.63, 3.8) is 0 Å². The third-order valence-corrected chi connectivity index (χ3v) is 4.65. The molecule has 2 aromatic heterocycles. The van der Waals surface area contributed by atoms with Crippen molar-refractivity contribution in [1.82, 2.24) is 7.96 Å². The number of hydrogen-bond donors (Lipinski definition) is 1. The number of hydrogen-bond acceptors (Lipinski definition) is 5. The Hall–Kier alpha value is -1.37. The van der Waals surface area contributed by atoms with Crippen LogP contribution in [0.3, 0.4) is 0 Å². The van der Waals surface area contributed by atoms with Crippen molar-refractivity contribution in [2.75, 3.05) is 5.32 Å². The number of thioether (sulfide) groups is 1. The first kappa shape index (κ1) is 14.6. The number of halogens is 2. The number of alkyl halides is 2. The van der Waals surface area contributed by atoms with Crippen LogP contribution in [0.1, 0.15) is 11.5 Å². The second-order valence-electron chi connectivity index (χ2n) is 4.23.